The van der Waals surface area contributed by atoms with Crippen LogP contribution in [0.2, 0.25) is 0 Å². The van der Waals surface area contributed by atoms with Crippen molar-refractivity contribution in [3.05, 3.63) is 35.9 Å². The number of nitrogens with one attached hydrogen (secondary N) is 1. The summed E-state index contributed by atoms with van der Waals surface area (Å²) in [6, 6.07) is 8.33. The first-order valence-electron chi connectivity index (χ1n) is 9.72. The Morgan fingerprint density at radius 1 is 0.800 bits per heavy atom. The van der Waals surface area contributed by atoms with Gasteiger partial charge in [0.15, 0.2) is 12.6 Å². The third-order valence-electron chi connectivity index (χ3n) is 5.38. The highest BCUT2D eigenvalue weighted by Crippen LogP contribution is 2.25. The van der Waals surface area contributed by atoms with Crippen LogP contribution in [0, 0.1) is 0 Å². The van der Waals surface area contributed by atoms with Gasteiger partial charge in [0.1, 0.15) is 42.7 Å². The molecule has 2 aliphatic heterocycles. The lowest BCUT2D eigenvalue weighted by molar-refractivity contribution is -0.318. The van der Waals surface area contributed by atoms with Crippen molar-refractivity contribution in [3.63, 3.8) is 0 Å². The molecule has 2 saturated heterocycles. The van der Waals surface area contributed by atoms with E-state index >= 15 is 0 Å². The van der Waals surface area contributed by atoms with E-state index in [1.165, 1.54) is 0 Å². The molecule has 2 fully saturated rings. The predicted molar refractivity (Wildman–Crippen MR) is 99.7 cm³/mol. The molecule has 0 amide bonds. The Labute approximate surface area is 173 Å². The Morgan fingerprint density at radius 2 is 1.47 bits per heavy atom. The van der Waals surface area contributed by atoms with Crippen LogP contribution in [0.5, 0.6) is 0 Å². The molecule has 1 aromatic carbocycles. The molecule has 2 heterocycles. The third kappa shape index (κ3) is 5.15. The Hall–Kier alpha value is -1.22. The molecule has 1 aromatic rings. The van der Waals surface area contributed by atoms with E-state index in [1.54, 1.807) is 0 Å². The zero-order valence-electron chi connectivity index (χ0n) is 16.1. The smallest absolute Gasteiger partial charge is 0.186 e. The number of hydrogen-bond acceptors (Lipinski definition) is 11. The topological polar surface area (TPSA) is 181 Å². The summed E-state index contributed by atoms with van der Waals surface area (Å²) in [6.45, 7) is -0.676. The molecule has 11 heteroatoms. The number of ether oxygens (including phenoxy) is 3. The first kappa shape index (κ1) is 23.4. The predicted octanol–water partition coefficient (Wildman–Crippen LogP) is -3.60. The lowest BCUT2D eigenvalue weighted by Crippen LogP contribution is -2.64. The van der Waals surface area contributed by atoms with Gasteiger partial charge in [-0.1, -0.05) is 30.3 Å². The lowest BCUT2D eigenvalue weighted by Gasteiger charge is -2.43. The maximum absolute atomic E-state index is 10.4. The highest BCUT2D eigenvalue weighted by atomic mass is 16.7. The van der Waals surface area contributed by atoms with Gasteiger partial charge >= 0.3 is 0 Å². The molecule has 30 heavy (non-hydrogen) atoms. The van der Waals surface area contributed by atoms with Gasteiger partial charge in [-0.3, -0.25) is 0 Å². The summed E-state index contributed by atoms with van der Waals surface area (Å²) in [7, 11) is 0. The molecule has 0 radical (unpaired) electrons. The molecule has 0 spiro atoms. The molecule has 4 unspecified atom stereocenters. The summed E-state index contributed by atoms with van der Waals surface area (Å²) in [4.78, 5) is 0. The van der Waals surface area contributed by atoms with E-state index in [9.17, 15) is 35.7 Å². The average molecular weight is 431 g/mol. The lowest BCUT2D eigenvalue weighted by atomic mass is 9.96. The Balaban J connectivity index is 1.54. The normalized spacial score (nSPS) is 42.2. The van der Waals surface area contributed by atoms with E-state index < -0.39 is 74.6 Å². The van der Waals surface area contributed by atoms with Crippen LogP contribution in [-0.4, -0.2) is 110 Å². The van der Waals surface area contributed by atoms with Crippen LogP contribution in [0.25, 0.3) is 0 Å². The Bertz CT molecular complexity index is 649. The second-order valence-electron chi connectivity index (χ2n) is 7.47. The van der Waals surface area contributed by atoms with Crippen molar-refractivity contribution in [2.45, 2.75) is 67.9 Å². The Morgan fingerprint density at radius 3 is 2.13 bits per heavy atom. The zero-order valence-corrected chi connectivity index (χ0v) is 16.1. The van der Waals surface area contributed by atoms with Crippen molar-refractivity contribution in [3.8, 4) is 0 Å². The molecule has 0 saturated carbocycles. The fraction of sp³-hybridized carbons (Fsp3) is 0.684. The molecule has 2 aliphatic rings. The SMILES string of the molecule is OCC1O[C@H](OCC2O[C@@H](O)[C@@H](NCc3ccccc3)C(O)[C@@H]2O)C(O)[C@@H](O)[C@@H]1O. The largest absolute Gasteiger partial charge is 0.394 e. The maximum Gasteiger partial charge on any atom is 0.186 e. The van der Waals surface area contributed by atoms with Gasteiger partial charge in [-0.15, -0.1) is 0 Å². The fourth-order valence-corrected chi connectivity index (χ4v) is 3.53. The molecule has 0 aliphatic carbocycles. The first-order chi connectivity index (χ1) is 14.3. The summed E-state index contributed by atoms with van der Waals surface area (Å²) >= 11 is 0. The first-order valence-corrected chi connectivity index (χ1v) is 9.72. The zero-order chi connectivity index (χ0) is 21.8. The molecule has 0 bridgehead atoms. The van der Waals surface area contributed by atoms with Gasteiger partial charge in [-0.25, -0.2) is 0 Å². The number of aliphatic hydroxyl groups is 7. The van der Waals surface area contributed by atoms with E-state index in [-0.39, 0.29) is 0 Å². The van der Waals surface area contributed by atoms with Gasteiger partial charge in [-0.2, -0.15) is 0 Å². The Kier molecular flexibility index (Phi) is 8.12. The van der Waals surface area contributed by atoms with Gasteiger partial charge in [0.05, 0.1) is 19.3 Å². The second kappa shape index (κ2) is 10.4. The highest BCUT2D eigenvalue weighted by Gasteiger charge is 2.47. The van der Waals surface area contributed by atoms with E-state index in [0.29, 0.717) is 6.54 Å². The molecule has 3 rings (SSSR count). The fourth-order valence-electron chi connectivity index (χ4n) is 3.53. The van der Waals surface area contributed by atoms with Crippen molar-refractivity contribution < 1.29 is 50.0 Å². The molecule has 10 atom stereocenters. The molecular weight excluding hydrogens is 402 g/mol. The second-order valence-corrected chi connectivity index (χ2v) is 7.47. The number of hydrogen-bond donors (Lipinski definition) is 8. The molecule has 0 aromatic heterocycles. The van der Waals surface area contributed by atoms with E-state index in [0.717, 1.165) is 5.56 Å². The van der Waals surface area contributed by atoms with Crippen molar-refractivity contribution in [1.29, 1.82) is 0 Å². The van der Waals surface area contributed by atoms with Gasteiger partial charge in [-0.05, 0) is 5.56 Å². The summed E-state index contributed by atoms with van der Waals surface area (Å²) in [5, 5.41) is 72.7. The summed E-state index contributed by atoms with van der Waals surface area (Å²) in [5.41, 5.74) is 0.916. The summed E-state index contributed by atoms with van der Waals surface area (Å²) in [6.07, 6.45) is -12.7. The van der Waals surface area contributed by atoms with E-state index in [4.69, 9.17) is 14.2 Å². The maximum atomic E-state index is 10.4. The number of aliphatic hydroxyl groups excluding tert-OH is 7. The summed E-state index contributed by atoms with van der Waals surface area (Å²) < 4.78 is 15.9. The molecular formula is C19H29NO10. The average Bonchev–Trinajstić information content (AvgIpc) is 2.75. The van der Waals surface area contributed by atoms with Crippen molar-refractivity contribution in [2.75, 3.05) is 13.2 Å². The minimum atomic E-state index is -1.61. The van der Waals surface area contributed by atoms with E-state index in [1.807, 2.05) is 30.3 Å². The standard InChI is InChI=1S/C19H29NO10/c21-7-10-13(22)16(25)17(26)19(30-10)28-8-11-14(23)15(24)12(18(27)29-11)20-6-9-4-2-1-3-5-9/h1-5,10-27H,6-8H2/t10?,11?,12-,13+,14+,15?,16-,17?,18+,19-/m0/s1. The molecule has 8 N–H and O–H groups in total. The van der Waals surface area contributed by atoms with Crippen LogP contribution < -0.4 is 5.32 Å². The van der Waals surface area contributed by atoms with E-state index in [2.05, 4.69) is 5.32 Å². The van der Waals surface area contributed by atoms with Crippen molar-refractivity contribution in [2.24, 2.45) is 0 Å². The van der Waals surface area contributed by atoms with Crippen LogP contribution in [0.15, 0.2) is 30.3 Å². The van der Waals surface area contributed by atoms with Crippen LogP contribution in [-0.2, 0) is 20.8 Å². The molecule has 170 valence electrons. The number of benzene rings is 1. The van der Waals surface area contributed by atoms with Crippen molar-refractivity contribution in [1.82, 2.24) is 5.32 Å². The van der Waals surface area contributed by atoms with Crippen LogP contribution >= 0.6 is 0 Å². The highest BCUT2D eigenvalue weighted by molar-refractivity contribution is 5.14. The van der Waals surface area contributed by atoms with Crippen LogP contribution in [0.3, 0.4) is 0 Å². The van der Waals surface area contributed by atoms with Crippen LogP contribution in [0.1, 0.15) is 5.56 Å². The van der Waals surface area contributed by atoms with Crippen molar-refractivity contribution >= 4 is 0 Å². The third-order valence-corrected chi connectivity index (χ3v) is 5.38. The minimum Gasteiger partial charge on any atom is -0.394 e. The quantitative estimate of drug-likeness (QED) is 0.214. The van der Waals surface area contributed by atoms with Gasteiger partial charge < -0.3 is 55.3 Å². The van der Waals surface area contributed by atoms with Gasteiger partial charge in [0.25, 0.3) is 0 Å². The van der Waals surface area contributed by atoms with Crippen LogP contribution in [0.4, 0.5) is 0 Å². The molecule has 11 nitrogen and oxygen atoms in total. The number of rotatable bonds is 7. The summed E-state index contributed by atoms with van der Waals surface area (Å²) in [5.74, 6) is 0. The minimum absolute atomic E-state index is 0.335. The monoisotopic (exact) mass is 431 g/mol. The van der Waals surface area contributed by atoms with Gasteiger partial charge in [0.2, 0.25) is 0 Å². The van der Waals surface area contributed by atoms with Gasteiger partial charge in [0, 0.05) is 6.54 Å².